The van der Waals surface area contributed by atoms with E-state index in [0.717, 1.165) is 26.2 Å². The zero-order valence-corrected chi connectivity index (χ0v) is 15.1. The van der Waals surface area contributed by atoms with Gasteiger partial charge in [0.2, 0.25) is 0 Å². The fourth-order valence-corrected chi connectivity index (χ4v) is 2.49. The Morgan fingerprint density at radius 2 is 2.14 bits per heavy atom. The molecule has 0 amide bonds. The van der Waals surface area contributed by atoms with Crippen molar-refractivity contribution >= 4 is 29.9 Å². The maximum Gasteiger partial charge on any atom is 0.188 e. The van der Waals surface area contributed by atoms with Crippen LogP contribution in [0.1, 0.15) is 36.5 Å². The number of benzene rings is 1. The number of hydrogen-bond donors (Lipinski definition) is 2. The third-order valence-electron chi connectivity index (χ3n) is 3.57. The molecule has 0 spiro atoms. The van der Waals surface area contributed by atoms with Crippen LogP contribution in [0.15, 0.2) is 23.2 Å². The molecular weight excluding hydrogens is 377 g/mol. The Labute approximate surface area is 144 Å². The second-order valence-corrected chi connectivity index (χ2v) is 5.14. The first-order chi connectivity index (χ1) is 9.79. The summed E-state index contributed by atoms with van der Waals surface area (Å²) in [5.41, 5.74) is 10.1. The minimum Gasteiger partial charge on any atom is -0.382 e. The smallest absolute Gasteiger partial charge is 0.188 e. The van der Waals surface area contributed by atoms with Gasteiger partial charge in [0.15, 0.2) is 5.96 Å². The quantitative estimate of drug-likeness (QED) is 0.319. The summed E-state index contributed by atoms with van der Waals surface area (Å²) in [6.07, 6.45) is 4.66. The minimum absolute atomic E-state index is 0. The topological polar surface area (TPSA) is 59.6 Å². The Balaban J connectivity index is 0.00000220. The fraction of sp³-hybridized carbons (Fsp3) is 0.562. The molecule has 3 N–H and O–H groups in total. The van der Waals surface area contributed by atoms with Crippen LogP contribution in [0.3, 0.4) is 0 Å². The molecule has 0 aromatic heterocycles. The first-order valence-corrected chi connectivity index (χ1v) is 7.52. The van der Waals surface area contributed by atoms with Crippen molar-refractivity contribution in [3.05, 3.63) is 34.9 Å². The van der Waals surface area contributed by atoms with Gasteiger partial charge in [0.25, 0.3) is 0 Å². The van der Waals surface area contributed by atoms with Gasteiger partial charge in [-0.15, -0.1) is 24.0 Å². The number of rotatable bonds is 7. The number of nitrogens with one attached hydrogen (secondary N) is 1. The highest BCUT2D eigenvalue weighted by Gasteiger charge is 2.10. The van der Waals surface area contributed by atoms with Gasteiger partial charge in [-0.2, -0.15) is 0 Å². The molecule has 118 valence electrons. The van der Waals surface area contributed by atoms with E-state index in [-0.39, 0.29) is 24.0 Å². The van der Waals surface area contributed by atoms with Gasteiger partial charge < -0.3 is 15.8 Å². The second-order valence-electron chi connectivity index (χ2n) is 5.14. The Bertz CT molecular complexity index is 463. The highest BCUT2D eigenvalue weighted by molar-refractivity contribution is 14.0. The molecule has 0 bridgehead atoms. The van der Waals surface area contributed by atoms with Crippen LogP contribution in [-0.4, -0.2) is 25.7 Å². The molecule has 1 aromatic rings. The summed E-state index contributed by atoms with van der Waals surface area (Å²) in [5.74, 6) is 0.516. The van der Waals surface area contributed by atoms with Crippen molar-refractivity contribution in [2.45, 2.75) is 39.2 Å². The molecular formula is C16H26IN3O. The number of aryl methyl sites for hydroxylation is 2. The maximum atomic E-state index is 5.85. The largest absolute Gasteiger partial charge is 0.382 e. The van der Waals surface area contributed by atoms with Crippen LogP contribution in [0.25, 0.3) is 0 Å². The third-order valence-corrected chi connectivity index (χ3v) is 3.57. The van der Waals surface area contributed by atoms with Crippen LogP contribution in [0.4, 0.5) is 0 Å². The van der Waals surface area contributed by atoms with E-state index in [4.69, 9.17) is 10.5 Å². The Hall–Kier alpha value is -0.820. The van der Waals surface area contributed by atoms with E-state index in [9.17, 15) is 0 Å². The number of nitrogens with zero attached hydrogens (tertiary/aromatic N) is 1. The Morgan fingerprint density at radius 3 is 2.95 bits per heavy atom. The SMILES string of the molecule is CCOCCCNC(N)=NCc1ccc2c(c1)CCC2.I. The van der Waals surface area contributed by atoms with Crippen LogP contribution in [0.2, 0.25) is 0 Å². The molecule has 0 saturated heterocycles. The lowest BCUT2D eigenvalue weighted by atomic mass is 10.1. The average Bonchev–Trinajstić information content (AvgIpc) is 2.92. The van der Waals surface area contributed by atoms with Gasteiger partial charge in [-0.3, -0.25) is 0 Å². The predicted octanol–water partition coefficient (Wildman–Crippen LogP) is 2.62. The highest BCUT2D eigenvalue weighted by atomic mass is 127. The molecule has 2 rings (SSSR count). The van der Waals surface area contributed by atoms with Gasteiger partial charge >= 0.3 is 0 Å². The van der Waals surface area contributed by atoms with Crippen molar-refractivity contribution in [1.29, 1.82) is 0 Å². The van der Waals surface area contributed by atoms with Gasteiger partial charge in [0, 0.05) is 19.8 Å². The van der Waals surface area contributed by atoms with Crippen LogP contribution in [0.5, 0.6) is 0 Å². The third kappa shape index (κ3) is 6.22. The number of ether oxygens (including phenoxy) is 1. The van der Waals surface area contributed by atoms with Gasteiger partial charge in [0.1, 0.15) is 0 Å². The van der Waals surface area contributed by atoms with Gasteiger partial charge in [0.05, 0.1) is 6.54 Å². The van der Waals surface area contributed by atoms with Crippen molar-refractivity contribution in [2.24, 2.45) is 10.7 Å². The average molecular weight is 403 g/mol. The molecule has 0 heterocycles. The van der Waals surface area contributed by atoms with Crippen LogP contribution >= 0.6 is 24.0 Å². The van der Waals surface area contributed by atoms with E-state index >= 15 is 0 Å². The molecule has 0 fully saturated rings. The van der Waals surface area contributed by atoms with Crippen molar-refractivity contribution in [2.75, 3.05) is 19.8 Å². The monoisotopic (exact) mass is 403 g/mol. The van der Waals surface area contributed by atoms with E-state index in [2.05, 4.69) is 28.5 Å². The number of fused-ring (bicyclic) bond motifs is 1. The number of nitrogens with two attached hydrogens (primary N) is 1. The van der Waals surface area contributed by atoms with Crippen LogP contribution in [0, 0.1) is 0 Å². The Morgan fingerprint density at radius 1 is 1.33 bits per heavy atom. The van der Waals surface area contributed by atoms with Crippen molar-refractivity contribution in [3.63, 3.8) is 0 Å². The maximum absolute atomic E-state index is 5.85. The fourth-order valence-electron chi connectivity index (χ4n) is 2.49. The number of halogens is 1. The van der Waals surface area contributed by atoms with Crippen LogP contribution < -0.4 is 11.1 Å². The summed E-state index contributed by atoms with van der Waals surface area (Å²) in [4.78, 5) is 4.38. The number of aliphatic imine (C=N–C) groups is 1. The summed E-state index contributed by atoms with van der Waals surface area (Å²) in [7, 11) is 0. The Kier molecular flexibility index (Phi) is 8.68. The normalized spacial score (nSPS) is 13.7. The van der Waals surface area contributed by atoms with Crippen molar-refractivity contribution < 1.29 is 4.74 Å². The molecule has 1 aromatic carbocycles. The zero-order chi connectivity index (χ0) is 14.2. The molecule has 21 heavy (non-hydrogen) atoms. The first-order valence-electron chi connectivity index (χ1n) is 7.52. The van der Waals surface area contributed by atoms with E-state index in [1.807, 2.05) is 6.92 Å². The van der Waals surface area contributed by atoms with E-state index < -0.39 is 0 Å². The molecule has 5 heteroatoms. The molecule has 0 radical (unpaired) electrons. The molecule has 1 aliphatic carbocycles. The molecule has 0 unspecified atom stereocenters. The summed E-state index contributed by atoms with van der Waals surface area (Å²) in [6.45, 7) is 4.99. The summed E-state index contributed by atoms with van der Waals surface area (Å²) in [5, 5.41) is 3.11. The van der Waals surface area contributed by atoms with Gasteiger partial charge in [-0.25, -0.2) is 4.99 Å². The van der Waals surface area contributed by atoms with Crippen LogP contribution in [-0.2, 0) is 24.1 Å². The summed E-state index contributed by atoms with van der Waals surface area (Å²) in [6, 6.07) is 6.67. The lowest BCUT2D eigenvalue weighted by molar-refractivity contribution is 0.145. The lowest BCUT2D eigenvalue weighted by Crippen LogP contribution is -2.32. The lowest BCUT2D eigenvalue weighted by Gasteiger charge is -2.06. The highest BCUT2D eigenvalue weighted by Crippen LogP contribution is 2.22. The second kappa shape index (κ2) is 10.00. The molecule has 4 nitrogen and oxygen atoms in total. The predicted molar refractivity (Wildman–Crippen MR) is 98.3 cm³/mol. The van der Waals surface area contributed by atoms with Gasteiger partial charge in [-0.05, 0) is 49.3 Å². The van der Waals surface area contributed by atoms with E-state index in [1.165, 1.54) is 36.0 Å². The van der Waals surface area contributed by atoms with E-state index in [0.29, 0.717) is 12.5 Å². The minimum atomic E-state index is 0. The standard InChI is InChI=1S/C16H25N3O.HI/c1-2-20-10-4-9-18-16(17)19-12-13-7-8-14-5-3-6-15(14)11-13;/h7-8,11H,2-6,9-10,12H2,1H3,(H3,17,18,19);1H. The summed E-state index contributed by atoms with van der Waals surface area (Å²) < 4.78 is 5.27. The molecule has 1 aliphatic rings. The number of guanidine groups is 1. The van der Waals surface area contributed by atoms with Gasteiger partial charge in [-0.1, -0.05) is 18.2 Å². The molecule has 0 saturated carbocycles. The first kappa shape index (κ1) is 18.2. The molecule has 0 atom stereocenters. The molecule has 0 aliphatic heterocycles. The number of hydrogen-bond acceptors (Lipinski definition) is 2. The zero-order valence-electron chi connectivity index (χ0n) is 12.7. The van der Waals surface area contributed by atoms with E-state index in [1.54, 1.807) is 0 Å². The summed E-state index contributed by atoms with van der Waals surface area (Å²) >= 11 is 0. The van der Waals surface area contributed by atoms with Crippen molar-refractivity contribution in [3.8, 4) is 0 Å². The van der Waals surface area contributed by atoms with Crippen molar-refractivity contribution in [1.82, 2.24) is 5.32 Å².